The van der Waals surface area contributed by atoms with Gasteiger partial charge >= 0.3 is 6.09 Å². The van der Waals surface area contributed by atoms with Gasteiger partial charge in [-0.15, -0.1) is 0 Å². The van der Waals surface area contributed by atoms with Crippen molar-refractivity contribution in [1.29, 1.82) is 0 Å². The molecule has 0 aliphatic rings. The van der Waals surface area contributed by atoms with Gasteiger partial charge in [-0.2, -0.15) is 5.10 Å². The van der Waals surface area contributed by atoms with E-state index in [1.807, 2.05) is 86.1 Å². The summed E-state index contributed by atoms with van der Waals surface area (Å²) in [5.41, 5.74) is 7.79. The summed E-state index contributed by atoms with van der Waals surface area (Å²) >= 11 is 6.02. The number of carbonyl (C=O) groups is 4. The number of aromatic nitrogens is 4. The molecule has 0 spiro atoms. The Balaban J connectivity index is 1.35. The van der Waals surface area contributed by atoms with E-state index in [4.69, 9.17) is 22.3 Å². The first-order valence-electron chi connectivity index (χ1n) is 19.7. The number of nitrogens with zero attached hydrogens (tertiary/aromatic N) is 5. The van der Waals surface area contributed by atoms with Gasteiger partial charge < -0.3 is 25.6 Å². The van der Waals surface area contributed by atoms with Crippen LogP contribution in [0.5, 0.6) is 0 Å². The van der Waals surface area contributed by atoms with Crippen LogP contribution in [0.15, 0.2) is 140 Å². The first-order valence-corrected chi connectivity index (χ1v) is 20.1. The van der Waals surface area contributed by atoms with Crippen molar-refractivity contribution in [1.82, 2.24) is 29.5 Å². The second kappa shape index (κ2) is 17.7. The molecule has 2 heterocycles. The Morgan fingerprint density at radius 3 is 2.00 bits per heavy atom. The zero-order chi connectivity index (χ0) is 44.2. The lowest BCUT2D eigenvalue weighted by Gasteiger charge is -2.40. The molecule has 5 aromatic carbocycles. The van der Waals surface area contributed by atoms with Crippen molar-refractivity contribution in [2.75, 3.05) is 11.9 Å². The van der Waals surface area contributed by atoms with Crippen molar-refractivity contribution in [2.45, 2.75) is 45.4 Å². The third kappa shape index (κ3) is 8.63. The van der Waals surface area contributed by atoms with Gasteiger partial charge in [-0.25, -0.2) is 14.2 Å². The number of carbonyl (C=O) groups excluding carboxylic acids is 3. The van der Waals surface area contributed by atoms with Crippen molar-refractivity contribution < 1.29 is 28.7 Å². The molecule has 4 amide bonds. The molecule has 5 N–H and O–H groups in total. The summed E-state index contributed by atoms with van der Waals surface area (Å²) < 4.78 is 18.2. The Bertz CT molecular complexity index is 2660. The summed E-state index contributed by atoms with van der Waals surface area (Å²) in [6.45, 7) is 4.66. The summed E-state index contributed by atoms with van der Waals surface area (Å²) in [6.07, 6.45) is 2.31. The molecular weight excluding hydrogens is 811 g/mol. The Hall–Kier alpha value is -7.32. The van der Waals surface area contributed by atoms with E-state index in [0.717, 1.165) is 16.7 Å². The molecule has 7 rings (SSSR count). The van der Waals surface area contributed by atoms with Gasteiger partial charge in [-0.05, 0) is 46.4 Å². The van der Waals surface area contributed by atoms with Crippen molar-refractivity contribution >= 4 is 52.0 Å². The van der Waals surface area contributed by atoms with Gasteiger partial charge in [0.25, 0.3) is 5.91 Å². The standard InChI is InChI=1S/C47H44ClFN8O5/c1-46(2,3)43(37-26-55(29-52-37)47(31-15-7-4-8-16-31,32-17-9-5-10-18-32)33-19-11-6-12-20-33)56(27-39(58)51-25-30-14-13-21-36(48)41(30)49)40(59)28-57-38-23-22-34(53-45(61)62)24-35(38)42(54-57)44(50)60/h4-24,26,29,43,53H,25,27-28H2,1-3H3,(H2,50,60)(H,51,58)(H,61,62). The monoisotopic (exact) mass is 854 g/mol. The first kappa shape index (κ1) is 42.8. The summed E-state index contributed by atoms with van der Waals surface area (Å²) in [6, 6.07) is 38.1. The molecular formula is C47H44ClFN8O5. The highest BCUT2D eigenvalue weighted by atomic mass is 35.5. The van der Waals surface area contributed by atoms with Gasteiger partial charge in [0, 0.05) is 29.4 Å². The smallest absolute Gasteiger partial charge is 0.409 e. The third-order valence-electron chi connectivity index (χ3n) is 10.6. The summed E-state index contributed by atoms with van der Waals surface area (Å²) in [7, 11) is 0. The molecule has 0 aliphatic heterocycles. The Morgan fingerprint density at radius 1 is 0.855 bits per heavy atom. The predicted octanol–water partition coefficient (Wildman–Crippen LogP) is 7.99. The molecule has 0 bridgehead atoms. The van der Waals surface area contributed by atoms with Gasteiger partial charge in [-0.1, -0.05) is 136 Å². The molecule has 2 aromatic heterocycles. The van der Waals surface area contributed by atoms with Crippen LogP contribution in [-0.2, 0) is 28.2 Å². The quantitative estimate of drug-likeness (QED) is 0.0802. The van der Waals surface area contributed by atoms with Crippen molar-refractivity contribution in [3.63, 3.8) is 0 Å². The van der Waals surface area contributed by atoms with Crippen LogP contribution in [0.2, 0.25) is 5.02 Å². The SMILES string of the molecule is CC(C)(C)C(c1cn(C(c2ccccc2)(c2ccccc2)c2ccccc2)cn1)N(CC(=O)NCc1cccc(Cl)c1F)C(=O)Cn1nc(C(N)=O)c2cc(NC(=O)O)ccc21. The average molecular weight is 855 g/mol. The number of anilines is 1. The molecule has 0 fully saturated rings. The zero-order valence-corrected chi connectivity index (χ0v) is 34.9. The highest BCUT2D eigenvalue weighted by Gasteiger charge is 2.42. The molecule has 0 aliphatic carbocycles. The van der Waals surface area contributed by atoms with E-state index in [-0.39, 0.29) is 33.9 Å². The number of nitrogens with one attached hydrogen (secondary N) is 2. The zero-order valence-electron chi connectivity index (χ0n) is 34.1. The van der Waals surface area contributed by atoms with Crippen molar-refractivity contribution in [2.24, 2.45) is 11.1 Å². The molecule has 0 saturated heterocycles. The van der Waals surface area contributed by atoms with Crippen molar-refractivity contribution in [3.05, 3.63) is 184 Å². The maximum atomic E-state index is 15.0. The molecule has 0 saturated carbocycles. The van der Waals surface area contributed by atoms with E-state index in [1.54, 1.807) is 12.4 Å². The van der Waals surface area contributed by atoms with E-state index in [9.17, 15) is 28.7 Å². The van der Waals surface area contributed by atoms with Crippen LogP contribution < -0.4 is 16.4 Å². The molecule has 13 nitrogen and oxygen atoms in total. The number of rotatable bonds is 14. The Kier molecular flexibility index (Phi) is 12.2. The molecule has 7 aromatic rings. The fourth-order valence-corrected chi connectivity index (χ4v) is 8.23. The lowest BCUT2D eigenvalue weighted by Crippen LogP contribution is -2.47. The number of hydrogen-bond acceptors (Lipinski definition) is 6. The van der Waals surface area contributed by atoms with E-state index in [2.05, 4.69) is 52.1 Å². The molecule has 15 heteroatoms. The number of halogens is 2. The minimum Gasteiger partial charge on any atom is -0.465 e. The number of hydrogen-bond donors (Lipinski definition) is 4. The number of imidazole rings is 1. The van der Waals surface area contributed by atoms with Crippen LogP contribution in [0, 0.1) is 11.2 Å². The molecule has 316 valence electrons. The average Bonchev–Trinajstić information content (AvgIpc) is 3.87. The van der Waals surface area contributed by atoms with Crippen LogP contribution in [0.1, 0.15) is 65.2 Å². The van der Waals surface area contributed by atoms with Gasteiger partial charge in [0.1, 0.15) is 24.4 Å². The van der Waals surface area contributed by atoms with E-state index >= 15 is 0 Å². The van der Waals surface area contributed by atoms with Crippen LogP contribution >= 0.6 is 11.6 Å². The van der Waals surface area contributed by atoms with Gasteiger partial charge in [0.15, 0.2) is 5.69 Å². The van der Waals surface area contributed by atoms with Crippen molar-refractivity contribution in [3.8, 4) is 0 Å². The van der Waals surface area contributed by atoms with E-state index < -0.39 is 59.7 Å². The summed E-state index contributed by atoms with van der Waals surface area (Å²) in [5, 5.41) is 18.8. The fourth-order valence-electron chi connectivity index (χ4n) is 8.03. The molecule has 62 heavy (non-hydrogen) atoms. The number of benzene rings is 5. The minimum atomic E-state index is -1.32. The highest BCUT2D eigenvalue weighted by Crippen LogP contribution is 2.43. The van der Waals surface area contributed by atoms with E-state index in [1.165, 1.54) is 39.9 Å². The number of fused-ring (bicyclic) bond motifs is 1. The molecule has 1 unspecified atom stereocenters. The third-order valence-corrected chi connectivity index (χ3v) is 10.9. The Labute approximate surface area is 361 Å². The van der Waals surface area contributed by atoms with Crippen LogP contribution in [0.3, 0.4) is 0 Å². The second-order valence-corrected chi connectivity index (χ2v) is 16.2. The highest BCUT2D eigenvalue weighted by molar-refractivity contribution is 6.30. The van der Waals surface area contributed by atoms with Gasteiger partial charge in [-0.3, -0.25) is 24.4 Å². The van der Waals surface area contributed by atoms with E-state index in [0.29, 0.717) is 11.2 Å². The fraction of sp³-hybridized carbons (Fsp3) is 0.191. The summed E-state index contributed by atoms with van der Waals surface area (Å²) in [4.78, 5) is 59.3. The second-order valence-electron chi connectivity index (χ2n) is 15.8. The van der Waals surface area contributed by atoms with Crippen LogP contribution in [-0.4, -0.2) is 59.7 Å². The molecule has 0 radical (unpaired) electrons. The van der Waals surface area contributed by atoms with Crippen LogP contribution in [0.25, 0.3) is 10.9 Å². The Morgan fingerprint density at radius 2 is 1.45 bits per heavy atom. The normalized spacial score (nSPS) is 12.1. The largest absolute Gasteiger partial charge is 0.465 e. The van der Waals surface area contributed by atoms with Gasteiger partial charge in [0.05, 0.1) is 28.6 Å². The van der Waals surface area contributed by atoms with Crippen LogP contribution in [0.4, 0.5) is 14.9 Å². The minimum absolute atomic E-state index is 0.0952. The topological polar surface area (TPSA) is 177 Å². The maximum Gasteiger partial charge on any atom is 0.409 e. The number of amides is 4. The predicted molar refractivity (Wildman–Crippen MR) is 234 cm³/mol. The summed E-state index contributed by atoms with van der Waals surface area (Å²) in [5.74, 6) is -2.73. The number of nitrogens with two attached hydrogens (primary N) is 1. The number of primary amides is 1. The lowest BCUT2D eigenvalue weighted by atomic mass is 9.76. The first-order chi connectivity index (χ1) is 29.7. The lowest BCUT2D eigenvalue weighted by molar-refractivity contribution is -0.141. The van der Waals surface area contributed by atoms with Gasteiger partial charge in [0.2, 0.25) is 11.8 Å². The maximum absolute atomic E-state index is 15.0. The molecule has 1 atom stereocenters. The number of carboxylic acid groups (broad SMARTS) is 1.